The van der Waals surface area contributed by atoms with Gasteiger partial charge in [-0.25, -0.2) is 8.42 Å². The van der Waals surface area contributed by atoms with Gasteiger partial charge in [-0.15, -0.1) is 0 Å². The van der Waals surface area contributed by atoms with Gasteiger partial charge in [-0.3, -0.25) is 13.9 Å². The van der Waals surface area contributed by atoms with Crippen LogP contribution in [-0.2, 0) is 26.2 Å². The minimum atomic E-state index is -3.83. The lowest BCUT2D eigenvalue weighted by atomic mass is 10.1. The fourth-order valence-electron chi connectivity index (χ4n) is 3.68. The zero-order valence-electron chi connectivity index (χ0n) is 21.4. The van der Waals surface area contributed by atoms with E-state index < -0.39 is 28.5 Å². The molecular weight excluding hydrogens is 466 g/mol. The smallest absolute Gasteiger partial charge is 0.244 e. The minimum absolute atomic E-state index is 0.0472. The molecule has 2 aromatic rings. The second-order valence-electron chi connectivity index (χ2n) is 8.69. The molecule has 192 valence electrons. The molecule has 0 bridgehead atoms. The Balaban J connectivity index is 2.46. The van der Waals surface area contributed by atoms with Gasteiger partial charge in [0, 0.05) is 12.6 Å². The average Bonchev–Trinajstić information content (AvgIpc) is 2.82. The molecule has 1 N–H and O–H groups in total. The monoisotopic (exact) mass is 503 g/mol. The second-order valence-corrected chi connectivity index (χ2v) is 10.6. The highest BCUT2D eigenvalue weighted by Crippen LogP contribution is 2.29. The summed E-state index contributed by atoms with van der Waals surface area (Å²) in [6, 6.07) is 13.5. The first kappa shape index (κ1) is 28.2. The van der Waals surface area contributed by atoms with E-state index in [2.05, 4.69) is 5.32 Å². The third-order valence-electron chi connectivity index (χ3n) is 5.89. The number of sulfonamides is 1. The van der Waals surface area contributed by atoms with Crippen LogP contribution in [0.15, 0.2) is 48.5 Å². The summed E-state index contributed by atoms with van der Waals surface area (Å²) >= 11 is 0. The molecule has 0 saturated carbocycles. The number of hydrogen-bond acceptors (Lipinski definition) is 5. The molecule has 0 aromatic heterocycles. The molecule has 0 saturated heterocycles. The molecule has 9 heteroatoms. The molecule has 0 heterocycles. The lowest BCUT2D eigenvalue weighted by molar-refractivity contribution is -0.140. The van der Waals surface area contributed by atoms with E-state index in [9.17, 15) is 18.0 Å². The number of carbonyl (C=O) groups is 2. The first-order chi connectivity index (χ1) is 16.5. The summed E-state index contributed by atoms with van der Waals surface area (Å²) in [7, 11) is -2.39. The highest BCUT2D eigenvalue weighted by Gasteiger charge is 2.32. The van der Waals surface area contributed by atoms with Gasteiger partial charge in [0.25, 0.3) is 0 Å². The SMILES string of the molecule is CC[C@H](C)NC(=O)[C@H](CC)N(Cc1ccc(C)cc1)C(=O)CN(c1ccccc1OC)S(C)(=O)=O. The fraction of sp³-hybridized carbons (Fsp3) is 0.462. The number of rotatable bonds is 12. The van der Waals surface area contributed by atoms with Crippen molar-refractivity contribution in [1.29, 1.82) is 0 Å². The zero-order chi connectivity index (χ0) is 26.2. The van der Waals surface area contributed by atoms with Crippen molar-refractivity contribution in [2.75, 3.05) is 24.2 Å². The van der Waals surface area contributed by atoms with Gasteiger partial charge in [0.2, 0.25) is 21.8 Å². The number of para-hydroxylation sites is 2. The highest BCUT2D eigenvalue weighted by atomic mass is 32.2. The summed E-state index contributed by atoms with van der Waals surface area (Å²) in [4.78, 5) is 28.3. The van der Waals surface area contributed by atoms with E-state index in [1.165, 1.54) is 12.0 Å². The molecule has 2 amide bonds. The number of nitrogens with zero attached hydrogens (tertiary/aromatic N) is 2. The summed E-state index contributed by atoms with van der Waals surface area (Å²) in [5, 5.41) is 2.96. The number of benzene rings is 2. The average molecular weight is 504 g/mol. The van der Waals surface area contributed by atoms with Crippen molar-refractivity contribution in [3.8, 4) is 5.75 Å². The Kier molecular flexibility index (Phi) is 10.1. The Morgan fingerprint density at radius 1 is 1.03 bits per heavy atom. The van der Waals surface area contributed by atoms with E-state index in [0.29, 0.717) is 12.2 Å². The van der Waals surface area contributed by atoms with Gasteiger partial charge >= 0.3 is 0 Å². The molecular formula is C26H37N3O5S. The van der Waals surface area contributed by atoms with Crippen LogP contribution in [0.5, 0.6) is 5.75 Å². The summed E-state index contributed by atoms with van der Waals surface area (Å²) in [5.74, 6) is -0.407. The fourth-order valence-corrected chi connectivity index (χ4v) is 4.53. The van der Waals surface area contributed by atoms with Crippen molar-refractivity contribution in [2.24, 2.45) is 0 Å². The van der Waals surface area contributed by atoms with Crippen LogP contribution >= 0.6 is 0 Å². The highest BCUT2D eigenvalue weighted by molar-refractivity contribution is 7.92. The molecule has 8 nitrogen and oxygen atoms in total. The molecule has 0 aliphatic rings. The van der Waals surface area contributed by atoms with E-state index in [1.54, 1.807) is 24.3 Å². The third kappa shape index (κ3) is 7.71. The molecule has 0 aliphatic carbocycles. The topological polar surface area (TPSA) is 96.0 Å². The maximum absolute atomic E-state index is 13.7. The van der Waals surface area contributed by atoms with Crippen LogP contribution in [0.25, 0.3) is 0 Å². The van der Waals surface area contributed by atoms with Crippen molar-refractivity contribution >= 4 is 27.5 Å². The van der Waals surface area contributed by atoms with Gasteiger partial charge in [0.15, 0.2) is 0 Å². The van der Waals surface area contributed by atoms with Gasteiger partial charge in [-0.2, -0.15) is 0 Å². The number of aryl methyl sites for hydroxylation is 1. The molecule has 35 heavy (non-hydrogen) atoms. The largest absolute Gasteiger partial charge is 0.495 e. The van der Waals surface area contributed by atoms with Crippen LogP contribution in [0.3, 0.4) is 0 Å². The van der Waals surface area contributed by atoms with Gasteiger partial charge in [-0.05, 0) is 44.4 Å². The maximum atomic E-state index is 13.7. The summed E-state index contributed by atoms with van der Waals surface area (Å²) in [6.07, 6.45) is 2.18. The molecule has 0 aliphatic heterocycles. The predicted molar refractivity (Wildman–Crippen MR) is 139 cm³/mol. The number of amides is 2. The van der Waals surface area contributed by atoms with Crippen LogP contribution in [0.2, 0.25) is 0 Å². The molecule has 0 fully saturated rings. The van der Waals surface area contributed by atoms with Crippen molar-refractivity contribution in [3.63, 3.8) is 0 Å². The minimum Gasteiger partial charge on any atom is -0.495 e. The number of anilines is 1. The lowest BCUT2D eigenvalue weighted by Crippen LogP contribution is -2.53. The van der Waals surface area contributed by atoms with Crippen molar-refractivity contribution < 1.29 is 22.7 Å². The van der Waals surface area contributed by atoms with Gasteiger partial charge < -0.3 is 15.0 Å². The molecule has 2 atom stereocenters. The van der Waals surface area contributed by atoms with Crippen LogP contribution in [0.4, 0.5) is 5.69 Å². The summed E-state index contributed by atoms with van der Waals surface area (Å²) in [6.45, 7) is 7.40. The van der Waals surface area contributed by atoms with E-state index in [1.807, 2.05) is 52.0 Å². The van der Waals surface area contributed by atoms with Crippen LogP contribution in [-0.4, -0.2) is 57.1 Å². The summed E-state index contributed by atoms with van der Waals surface area (Å²) in [5.41, 5.74) is 2.19. The number of carbonyl (C=O) groups excluding carboxylic acids is 2. The van der Waals surface area contributed by atoms with Crippen LogP contribution in [0, 0.1) is 6.92 Å². The number of nitrogens with one attached hydrogen (secondary N) is 1. The summed E-state index contributed by atoms with van der Waals surface area (Å²) < 4.78 is 31.8. The number of ether oxygens (including phenoxy) is 1. The predicted octanol–water partition coefficient (Wildman–Crippen LogP) is 3.49. The Labute approximate surface area is 209 Å². The van der Waals surface area contributed by atoms with Crippen molar-refractivity contribution in [3.05, 3.63) is 59.7 Å². The Bertz CT molecular complexity index is 1100. The first-order valence-electron chi connectivity index (χ1n) is 11.8. The molecule has 0 radical (unpaired) electrons. The van der Waals surface area contributed by atoms with Crippen LogP contribution in [0.1, 0.15) is 44.7 Å². The molecule has 2 aromatic carbocycles. The number of hydrogen-bond donors (Lipinski definition) is 1. The quantitative estimate of drug-likeness (QED) is 0.478. The third-order valence-corrected chi connectivity index (χ3v) is 7.02. The van der Waals surface area contributed by atoms with E-state index in [4.69, 9.17) is 4.74 Å². The Hall–Kier alpha value is -3.07. The van der Waals surface area contributed by atoms with Gasteiger partial charge in [-0.1, -0.05) is 55.8 Å². The molecule has 2 rings (SSSR count). The Morgan fingerprint density at radius 3 is 2.20 bits per heavy atom. The maximum Gasteiger partial charge on any atom is 0.244 e. The van der Waals surface area contributed by atoms with Gasteiger partial charge in [0.05, 0.1) is 19.1 Å². The molecule has 0 unspecified atom stereocenters. The van der Waals surface area contributed by atoms with E-state index in [0.717, 1.165) is 28.1 Å². The zero-order valence-corrected chi connectivity index (χ0v) is 22.3. The first-order valence-corrected chi connectivity index (χ1v) is 13.6. The second kappa shape index (κ2) is 12.6. The normalized spacial score (nSPS) is 13.0. The van der Waals surface area contributed by atoms with Crippen LogP contribution < -0.4 is 14.4 Å². The standard InChI is InChI=1S/C26H37N3O5S/c1-7-20(4)27-26(31)22(8-2)28(17-21-15-13-19(3)14-16-21)25(30)18-29(35(6,32)33)23-11-9-10-12-24(23)34-5/h9-16,20,22H,7-8,17-18H2,1-6H3,(H,27,31)/t20-,22-/m0/s1. The number of methoxy groups -OCH3 is 1. The van der Waals surface area contributed by atoms with Crippen molar-refractivity contribution in [1.82, 2.24) is 10.2 Å². The van der Waals surface area contributed by atoms with E-state index >= 15 is 0 Å². The van der Waals surface area contributed by atoms with E-state index in [-0.39, 0.29) is 24.2 Å². The Morgan fingerprint density at radius 2 is 1.66 bits per heavy atom. The lowest BCUT2D eigenvalue weighted by Gasteiger charge is -2.33. The molecule has 0 spiro atoms. The van der Waals surface area contributed by atoms with Gasteiger partial charge in [0.1, 0.15) is 18.3 Å². The van der Waals surface area contributed by atoms with Crippen molar-refractivity contribution in [2.45, 2.75) is 59.2 Å².